The Hall–Kier alpha value is -3.39. The molecule has 168 valence electrons. The number of benzene rings is 1. The van der Waals surface area contributed by atoms with Crippen molar-refractivity contribution < 1.29 is 0 Å². The van der Waals surface area contributed by atoms with Crippen LogP contribution in [-0.4, -0.2) is 72.4 Å². The monoisotopic (exact) mass is 432 g/mol. The van der Waals surface area contributed by atoms with Crippen molar-refractivity contribution in [2.45, 2.75) is 13.0 Å². The summed E-state index contributed by atoms with van der Waals surface area (Å²) in [5, 5.41) is 11.0. The van der Waals surface area contributed by atoms with E-state index in [4.69, 9.17) is 0 Å². The molecule has 1 fully saturated rings. The average molecular weight is 433 g/mol. The highest BCUT2D eigenvalue weighted by molar-refractivity contribution is 5.79. The van der Waals surface area contributed by atoms with Crippen LogP contribution in [0.25, 0.3) is 5.69 Å². The normalized spacial score (nSPS) is 15.1. The van der Waals surface area contributed by atoms with Crippen molar-refractivity contribution in [3.8, 4) is 5.69 Å². The van der Waals surface area contributed by atoms with Gasteiger partial charge < -0.3 is 20.4 Å². The van der Waals surface area contributed by atoms with Gasteiger partial charge in [-0.05, 0) is 48.9 Å². The van der Waals surface area contributed by atoms with E-state index in [9.17, 15) is 0 Å². The summed E-state index contributed by atoms with van der Waals surface area (Å²) < 4.78 is 1.86. The summed E-state index contributed by atoms with van der Waals surface area (Å²) >= 11 is 0. The maximum Gasteiger partial charge on any atom is 0.191 e. The van der Waals surface area contributed by atoms with Gasteiger partial charge in [-0.25, -0.2) is 9.67 Å². The first-order valence-corrected chi connectivity index (χ1v) is 11.1. The Morgan fingerprint density at radius 2 is 1.78 bits per heavy atom. The molecule has 1 aromatic carbocycles. The van der Waals surface area contributed by atoms with Crippen LogP contribution in [0.2, 0.25) is 0 Å². The molecule has 3 aromatic rings. The fourth-order valence-electron chi connectivity index (χ4n) is 3.71. The Morgan fingerprint density at radius 3 is 2.44 bits per heavy atom. The molecule has 4 rings (SSSR count). The molecule has 1 saturated heterocycles. The molecule has 0 unspecified atom stereocenters. The highest BCUT2D eigenvalue weighted by Crippen LogP contribution is 2.13. The van der Waals surface area contributed by atoms with Crippen LogP contribution in [0.4, 0.5) is 5.82 Å². The lowest BCUT2D eigenvalue weighted by atomic mass is 10.1. The zero-order valence-electron chi connectivity index (χ0n) is 18.9. The molecular weight excluding hydrogens is 400 g/mol. The van der Waals surface area contributed by atoms with E-state index >= 15 is 0 Å². The minimum Gasteiger partial charge on any atom is -0.356 e. The van der Waals surface area contributed by atoms with Crippen molar-refractivity contribution in [2.75, 3.05) is 51.7 Å². The molecule has 3 heterocycles. The molecule has 0 radical (unpaired) electrons. The molecule has 1 aliphatic heterocycles. The van der Waals surface area contributed by atoms with Crippen molar-refractivity contribution in [3.63, 3.8) is 0 Å². The third-order valence-corrected chi connectivity index (χ3v) is 5.73. The number of rotatable bonds is 7. The van der Waals surface area contributed by atoms with E-state index in [2.05, 4.69) is 79.0 Å². The third kappa shape index (κ3) is 5.85. The molecule has 0 spiro atoms. The summed E-state index contributed by atoms with van der Waals surface area (Å²) in [6.45, 7) is 5.73. The van der Waals surface area contributed by atoms with E-state index in [1.807, 2.05) is 23.1 Å². The van der Waals surface area contributed by atoms with Gasteiger partial charge in [0.05, 0.1) is 5.69 Å². The summed E-state index contributed by atoms with van der Waals surface area (Å²) in [5.41, 5.74) is 3.48. The minimum atomic E-state index is 0.689. The van der Waals surface area contributed by atoms with Crippen LogP contribution in [0, 0.1) is 0 Å². The molecule has 0 aliphatic carbocycles. The van der Waals surface area contributed by atoms with Gasteiger partial charge >= 0.3 is 0 Å². The average Bonchev–Trinajstić information content (AvgIpc) is 3.38. The van der Waals surface area contributed by atoms with Crippen LogP contribution in [0.3, 0.4) is 0 Å². The van der Waals surface area contributed by atoms with Crippen LogP contribution >= 0.6 is 0 Å². The molecule has 32 heavy (non-hydrogen) atoms. The lowest BCUT2D eigenvalue weighted by Gasteiger charge is -2.33. The van der Waals surface area contributed by atoms with Gasteiger partial charge in [0, 0.05) is 64.9 Å². The SMILES string of the molecule is CN=C(NCCc1ccc(-n2cccn2)cc1)NCc1ccc(N2CCN(C)CC2)nc1. The number of guanidine groups is 1. The first-order chi connectivity index (χ1) is 15.7. The molecule has 8 heteroatoms. The molecule has 0 amide bonds. The molecule has 0 atom stereocenters. The summed E-state index contributed by atoms with van der Waals surface area (Å²) in [7, 11) is 3.96. The highest BCUT2D eigenvalue weighted by Gasteiger charge is 2.14. The number of piperazine rings is 1. The lowest BCUT2D eigenvalue weighted by Crippen LogP contribution is -2.44. The number of nitrogens with one attached hydrogen (secondary N) is 2. The Morgan fingerprint density at radius 1 is 1.00 bits per heavy atom. The number of anilines is 1. The number of pyridine rings is 1. The smallest absolute Gasteiger partial charge is 0.191 e. The predicted octanol–water partition coefficient (Wildman–Crippen LogP) is 1.93. The van der Waals surface area contributed by atoms with E-state index in [0.29, 0.717) is 6.54 Å². The molecule has 8 nitrogen and oxygen atoms in total. The van der Waals surface area contributed by atoms with E-state index in [1.54, 1.807) is 13.2 Å². The molecule has 0 bridgehead atoms. The van der Waals surface area contributed by atoms with Crippen LogP contribution in [0.15, 0.2) is 66.0 Å². The third-order valence-electron chi connectivity index (χ3n) is 5.73. The number of aromatic nitrogens is 3. The summed E-state index contributed by atoms with van der Waals surface area (Å²) in [4.78, 5) is 13.7. The van der Waals surface area contributed by atoms with Crippen LogP contribution < -0.4 is 15.5 Å². The van der Waals surface area contributed by atoms with Crippen molar-refractivity contribution >= 4 is 11.8 Å². The predicted molar refractivity (Wildman–Crippen MR) is 129 cm³/mol. The topological polar surface area (TPSA) is 73.6 Å². The Balaban J connectivity index is 1.20. The van der Waals surface area contributed by atoms with E-state index in [-0.39, 0.29) is 0 Å². The fraction of sp³-hybridized carbons (Fsp3) is 0.375. The number of nitrogens with zero attached hydrogens (tertiary/aromatic N) is 6. The van der Waals surface area contributed by atoms with Crippen LogP contribution in [0.5, 0.6) is 0 Å². The van der Waals surface area contributed by atoms with Crippen molar-refractivity contribution in [1.82, 2.24) is 30.3 Å². The van der Waals surface area contributed by atoms with Crippen molar-refractivity contribution in [3.05, 3.63) is 72.2 Å². The highest BCUT2D eigenvalue weighted by atomic mass is 15.3. The van der Waals surface area contributed by atoms with Gasteiger partial charge in [0.25, 0.3) is 0 Å². The van der Waals surface area contributed by atoms with Gasteiger partial charge in [0.2, 0.25) is 0 Å². The summed E-state index contributed by atoms with van der Waals surface area (Å²) in [6, 6.07) is 14.6. The molecule has 2 N–H and O–H groups in total. The summed E-state index contributed by atoms with van der Waals surface area (Å²) in [6.07, 6.45) is 6.60. The van der Waals surface area contributed by atoms with Crippen LogP contribution in [0.1, 0.15) is 11.1 Å². The molecule has 1 aliphatic rings. The van der Waals surface area contributed by atoms with E-state index < -0.39 is 0 Å². The number of hydrogen-bond donors (Lipinski definition) is 2. The first kappa shape index (κ1) is 21.8. The van der Waals surface area contributed by atoms with Gasteiger partial charge in [-0.2, -0.15) is 5.10 Å². The molecule has 2 aromatic heterocycles. The second kappa shape index (κ2) is 10.8. The molecule has 0 saturated carbocycles. The fourth-order valence-corrected chi connectivity index (χ4v) is 3.71. The lowest BCUT2D eigenvalue weighted by molar-refractivity contribution is 0.312. The largest absolute Gasteiger partial charge is 0.356 e. The maximum absolute atomic E-state index is 4.66. The van der Waals surface area contributed by atoms with Crippen molar-refractivity contribution in [2.24, 2.45) is 4.99 Å². The number of hydrogen-bond acceptors (Lipinski definition) is 5. The Labute approximate surface area is 190 Å². The number of likely N-dealkylation sites (N-methyl/N-ethyl adjacent to an activating group) is 1. The zero-order valence-corrected chi connectivity index (χ0v) is 18.9. The minimum absolute atomic E-state index is 0.689. The van der Waals surface area contributed by atoms with Gasteiger partial charge in [-0.3, -0.25) is 4.99 Å². The Bertz CT molecular complexity index is 972. The van der Waals surface area contributed by atoms with Gasteiger partial charge in [0.15, 0.2) is 5.96 Å². The number of aliphatic imine (C=N–C) groups is 1. The van der Waals surface area contributed by atoms with E-state index in [1.165, 1.54) is 5.56 Å². The zero-order chi connectivity index (χ0) is 22.2. The van der Waals surface area contributed by atoms with Crippen LogP contribution in [-0.2, 0) is 13.0 Å². The first-order valence-electron chi connectivity index (χ1n) is 11.1. The standard InChI is InChI=1S/C24H32N8/c1-25-24(26-12-10-20-4-7-22(8-5-20)32-13-3-11-29-32)28-19-21-6-9-23(27-18-21)31-16-14-30(2)15-17-31/h3-9,11,13,18H,10,12,14-17,19H2,1-2H3,(H2,25,26,28). The van der Waals surface area contributed by atoms with E-state index in [0.717, 1.165) is 62.2 Å². The summed E-state index contributed by atoms with van der Waals surface area (Å²) in [5.74, 6) is 1.85. The van der Waals surface area contributed by atoms with Gasteiger partial charge in [-0.15, -0.1) is 0 Å². The Kier molecular flexibility index (Phi) is 7.34. The van der Waals surface area contributed by atoms with Gasteiger partial charge in [0.1, 0.15) is 5.82 Å². The molecular formula is C24H32N8. The second-order valence-corrected chi connectivity index (χ2v) is 8.03. The maximum atomic E-state index is 4.66. The van der Waals surface area contributed by atoms with Gasteiger partial charge in [-0.1, -0.05) is 18.2 Å². The van der Waals surface area contributed by atoms with Crippen molar-refractivity contribution in [1.29, 1.82) is 0 Å². The second-order valence-electron chi connectivity index (χ2n) is 8.03. The quantitative estimate of drug-likeness (QED) is 0.439.